The number of primary sulfonamides is 1. The van der Waals surface area contributed by atoms with Gasteiger partial charge in [-0.1, -0.05) is 0 Å². The number of aromatic amines is 2. The summed E-state index contributed by atoms with van der Waals surface area (Å²) in [4.78, 5) is 16.0. The van der Waals surface area contributed by atoms with E-state index in [0.717, 1.165) is 0 Å². The van der Waals surface area contributed by atoms with Crippen LogP contribution in [0.4, 0.5) is 11.4 Å². The Morgan fingerprint density at radius 1 is 1.14 bits per heavy atom. The lowest BCUT2D eigenvalue weighted by Gasteiger charge is -1.98. The molecule has 0 saturated carbocycles. The molecule has 21 heavy (non-hydrogen) atoms. The summed E-state index contributed by atoms with van der Waals surface area (Å²) < 4.78 is 22.1. The summed E-state index contributed by atoms with van der Waals surface area (Å²) in [6.07, 6.45) is 0. The van der Waals surface area contributed by atoms with Gasteiger partial charge in [-0.3, -0.25) is 9.78 Å². The fraction of sp³-hybridized carbons (Fsp3) is 0. The number of sulfonamides is 1. The number of nitrogens with zero attached hydrogens (tertiary/aromatic N) is 2. The maximum Gasteiger partial charge on any atom is 0.283 e. The first-order valence-corrected chi connectivity index (χ1v) is 7.33. The molecule has 1 aromatic carbocycles. The maximum atomic E-state index is 11.5. The average Bonchev–Trinajstić information content (AvgIpc) is 2.37. The summed E-state index contributed by atoms with van der Waals surface area (Å²) in [5, 5.41) is 21.7. The standard InChI is InChI=1S/C10H9N5O4S2/c11-21(18,19)6-3-1-5(2-4-6)14-15-7-8(16)12-10(20)13-9(7)17/h1-4H,(H2,11,18,19)(H3,12,13,16,17,20). The molecule has 0 spiro atoms. The second-order valence-corrected chi connectivity index (χ2v) is 5.81. The monoisotopic (exact) mass is 327 g/mol. The zero-order valence-electron chi connectivity index (χ0n) is 10.3. The van der Waals surface area contributed by atoms with E-state index < -0.39 is 21.5 Å². The summed E-state index contributed by atoms with van der Waals surface area (Å²) in [5.41, 5.74) is -0.788. The van der Waals surface area contributed by atoms with Gasteiger partial charge in [0.05, 0.1) is 10.6 Å². The van der Waals surface area contributed by atoms with Crippen molar-refractivity contribution in [1.82, 2.24) is 9.97 Å². The molecule has 0 saturated heterocycles. The highest BCUT2D eigenvalue weighted by atomic mass is 32.2. The molecule has 9 nitrogen and oxygen atoms in total. The predicted octanol–water partition coefficient (Wildman–Crippen LogP) is 1.20. The number of hydrogen-bond acceptors (Lipinski definition) is 7. The SMILES string of the molecule is NS(=O)(=O)c1ccc(N=Nc2c(O)[nH]c(=S)[nH]c2=O)cc1. The molecule has 0 bridgehead atoms. The first-order chi connectivity index (χ1) is 9.77. The Bertz CT molecular complexity index is 912. The van der Waals surface area contributed by atoms with Gasteiger partial charge in [0.25, 0.3) is 5.56 Å². The molecule has 0 aliphatic rings. The molecule has 11 heteroatoms. The predicted molar refractivity (Wildman–Crippen MR) is 75.9 cm³/mol. The molecule has 0 fully saturated rings. The van der Waals surface area contributed by atoms with Gasteiger partial charge < -0.3 is 10.1 Å². The van der Waals surface area contributed by atoms with E-state index in [1.54, 1.807) is 0 Å². The van der Waals surface area contributed by atoms with E-state index in [0.29, 0.717) is 0 Å². The van der Waals surface area contributed by atoms with Gasteiger partial charge in [0.2, 0.25) is 21.6 Å². The number of hydrogen-bond donors (Lipinski definition) is 4. The van der Waals surface area contributed by atoms with E-state index in [1.165, 1.54) is 24.3 Å². The molecule has 0 unspecified atom stereocenters. The van der Waals surface area contributed by atoms with Gasteiger partial charge in [0, 0.05) is 0 Å². The Morgan fingerprint density at radius 2 is 1.76 bits per heavy atom. The summed E-state index contributed by atoms with van der Waals surface area (Å²) in [6, 6.07) is 5.18. The lowest BCUT2D eigenvalue weighted by atomic mass is 10.3. The Labute approximate surface area is 123 Å². The van der Waals surface area contributed by atoms with E-state index >= 15 is 0 Å². The van der Waals surface area contributed by atoms with Crippen LogP contribution in [0.25, 0.3) is 0 Å². The molecule has 0 aliphatic heterocycles. The van der Waals surface area contributed by atoms with Crippen molar-refractivity contribution in [1.29, 1.82) is 0 Å². The smallest absolute Gasteiger partial charge is 0.283 e. The van der Waals surface area contributed by atoms with Gasteiger partial charge in [-0.2, -0.15) is 5.11 Å². The fourth-order valence-corrected chi connectivity index (χ4v) is 2.08. The van der Waals surface area contributed by atoms with E-state index in [2.05, 4.69) is 32.4 Å². The first-order valence-electron chi connectivity index (χ1n) is 5.37. The number of benzene rings is 1. The molecule has 1 aromatic heterocycles. The number of rotatable bonds is 3. The zero-order valence-corrected chi connectivity index (χ0v) is 11.9. The van der Waals surface area contributed by atoms with Crippen LogP contribution in [0.15, 0.2) is 44.2 Å². The maximum absolute atomic E-state index is 11.5. The van der Waals surface area contributed by atoms with Crippen molar-refractivity contribution in [3.63, 3.8) is 0 Å². The van der Waals surface area contributed by atoms with E-state index in [-0.39, 0.29) is 21.0 Å². The van der Waals surface area contributed by atoms with Crippen molar-refractivity contribution < 1.29 is 13.5 Å². The van der Waals surface area contributed by atoms with Gasteiger partial charge in [0.1, 0.15) is 0 Å². The van der Waals surface area contributed by atoms with Crippen molar-refractivity contribution in [3.8, 4) is 5.88 Å². The van der Waals surface area contributed by atoms with Crippen LogP contribution in [0, 0.1) is 4.77 Å². The minimum Gasteiger partial charge on any atom is -0.493 e. The highest BCUT2D eigenvalue weighted by Crippen LogP contribution is 2.22. The Kier molecular flexibility index (Phi) is 3.97. The van der Waals surface area contributed by atoms with Crippen LogP contribution in [0.2, 0.25) is 0 Å². The molecule has 0 atom stereocenters. The summed E-state index contributed by atoms with van der Waals surface area (Å²) in [5.74, 6) is -0.520. The van der Waals surface area contributed by atoms with Crippen LogP contribution in [-0.2, 0) is 10.0 Å². The quantitative estimate of drug-likeness (QED) is 0.492. The Morgan fingerprint density at radius 3 is 2.29 bits per heavy atom. The van der Waals surface area contributed by atoms with Crippen molar-refractivity contribution in [2.24, 2.45) is 15.4 Å². The number of aromatic nitrogens is 2. The van der Waals surface area contributed by atoms with Gasteiger partial charge in [0.15, 0.2) is 4.77 Å². The molecule has 0 radical (unpaired) electrons. The summed E-state index contributed by atoms with van der Waals surface area (Å²) in [6.45, 7) is 0. The zero-order chi connectivity index (χ0) is 15.6. The third kappa shape index (κ3) is 3.59. The lowest BCUT2D eigenvalue weighted by molar-refractivity contribution is 0.451. The first kappa shape index (κ1) is 15.0. The van der Waals surface area contributed by atoms with Gasteiger partial charge in [-0.25, -0.2) is 13.6 Å². The molecule has 2 rings (SSSR count). The lowest BCUT2D eigenvalue weighted by Crippen LogP contribution is -2.11. The minimum atomic E-state index is -3.79. The number of azo groups is 1. The molecule has 5 N–H and O–H groups in total. The normalized spacial score (nSPS) is 11.9. The molecule has 1 heterocycles. The molecule has 0 amide bonds. The fourth-order valence-electron chi connectivity index (χ4n) is 1.37. The van der Waals surface area contributed by atoms with Crippen LogP contribution in [0.1, 0.15) is 0 Å². The van der Waals surface area contributed by atoms with Gasteiger partial charge in [-0.15, -0.1) is 5.11 Å². The minimum absolute atomic E-state index is 0.0473. The van der Waals surface area contributed by atoms with E-state index in [4.69, 9.17) is 5.14 Å². The van der Waals surface area contributed by atoms with Gasteiger partial charge >= 0.3 is 0 Å². The van der Waals surface area contributed by atoms with Crippen molar-refractivity contribution in [2.45, 2.75) is 4.90 Å². The van der Waals surface area contributed by atoms with E-state index in [1.807, 2.05) is 0 Å². The molecule has 2 aromatic rings. The number of aromatic hydroxyl groups is 1. The van der Waals surface area contributed by atoms with Crippen molar-refractivity contribution >= 4 is 33.6 Å². The van der Waals surface area contributed by atoms with Gasteiger partial charge in [-0.05, 0) is 36.5 Å². The topological polar surface area (TPSA) is 154 Å². The largest absolute Gasteiger partial charge is 0.493 e. The second-order valence-electron chi connectivity index (χ2n) is 3.84. The third-order valence-electron chi connectivity index (χ3n) is 2.33. The average molecular weight is 327 g/mol. The van der Waals surface area contributed by atoms with Crippen LogP contribution >= 0.6 is 12.2 Å². The van der Waals surface area contributed by atoms with Crippen molar-refractivity contribution in [3.05, 3.63) is 39.4 Å². The molecular weight excluding hydrogens is 318 g/mol. The van der Waals surface area contributed by atoms with Crippen LogP contribution in [0.3, 0.4) is 0 Å². The van der Waals surface area contributed by atoms with Crippen LogP contribution < -0.4 is 10.7 Å². The Hall–Kier alpha value is -2.37. The summed E-state index contributed by atoms with van der Waals surface area (Å²) in [7, 11) is -3.79. The second kappa shape index (κ2) is 5.55. The number of nitrogens with two attached hydrogens (primary N) is 1. The highest BCUT2D eigenvalue weighted by Gasteiger charge is 2.08. The Balaban J connectivity index is 2.35. The number of H-pyrrole nitrogens is 2. The molecular formula is C10H9N5O4S2. The molecule has 110 valence electrons. The number of nitrogens with one attached hydrogen (secondary N) is 2. The highest BCUT2D eigenvalue weighted by molar-refractivity contribution is 7.89. The van der Waals surface area contributed by atoms with Crippen LogP contribution in [-0.4, -0.2) is 23.5 Å². The van der Waals surface area contributed by atoms with E-state index in [9.17, 15) is 18.3 Å². The van der Waals surface area contributed by atoms with Crippen LogP contribution in [0.5, 0.6) is 5.88 Å². The third-order valence-corrected chi connectivity index (χ3v) is 3.46. The van der Waals surface area contributed by atoms with Crippen molar-refractivity contribution in [2.75, 3.05) is 0 Å². The molecule has 0 aliphatic carbocycles. The summed E-state index contributed by atoms with van der Waals surface area (Å²) >= 11 is 4.66.